The number of carboxylic acid groups (broad SMARTS) is 1. The topological polar surface area (TPSA) is 57.6 Å². The summed E-state index contributed by atoms with van der Waals surface area (Å²) < 4.78 is 0. The van der Waals surface area contributed by atoms with E-state index in [1.807, 2.05) is 4.90 Å². The first-order chi connectivity index (χ1) is 10.0. The van der Waals surface area contributed by atoms with Crippen LogP contribution in [0.3, 0.4) is 0 Å². The van der Waals surface area contributed by atoms with E-state index in [-0.39, 0.29) is 11.8 Å². The van der Waals surface area contributed by atoms with E-state index in [1.165, 1.54) is 12.8 Å². The van der Waals surface area contributed by atoms with E-state index >= 15 is 0 Å². The van der Waals surface area contributed by atoms with Crippen molar-refractivity contribution < 1.29 is 14.7 Å². The van der Waals surface area contributed by atoms with Gasteiger partial charge in [-0.25, -0.2) is 0 Å². The molecule has 2 aliphatic carbocycles. The van der Waals surface area contributed by atoms with Crippen molar-refractivity contribution in [1.29, 1.82) is 0 Å². The molecular weight excluding hydrogens is 266 g/mol. The molecule has 2 aliphatic rings. The Hall–Kier alpha value is -1.06. The molecule has 2 atom stereocenters. The van der Waals surface area contributed by atoms with Gasteiger partial charge in [-0.2, -0.15) is 0 Å². The minimum absolute atomic E-state index is 0.118. The van der Waals surface area contributed by atoms with Gasteiger partial charge >= 0.3 is 5.97 Å². The largest absolute Gasteiger partial charge is 0.481 e. The Labute approximate surface area is 127 Å². The maximum atomic E-state index is 12.9. The van der Waals surface area contributed by atoms with Crippen LogP contribution in [0.1, 0.15) is 65.2 Å². The molecule has 4 nitrogen and oxygen atoms in total. The molecule has 0 aromatic carbocycles. The highest BCUT2D eigenvalue weighted by Gasteiger charge is 2.41. The summed E-state index contributed by atoms with van der Waals surface area (Å²) >= 11 is 0. The van der Waals surface area contributed by atoms with E-state index in [0.717, 1.165) is 38.6 Å². The zero-order chi connectivity index (χ0) is 15.4. The SMILES string of the molecule is CC(C)CCN(C(=O)[C@@H]1CCC[C@@H]1C(=O)O)C1CCCC1. The van der Waals surface area contributed by atoms with Crippen LogP contribution >= 0.6 is 0 Å². The van der Waals surface area contributed by atoms with Gasteiger partial charge < -0.3 is 10.0 Å². The number of amides is 1. The average molecular weight is 295 g/mol. The van der Waals surface area contributed by atoms with Gasteiger partial charge in [0.2, 0.25) is 5.91 Å². The Balaban J connectivity index is 2.07. The molecule has 0 heterocycles. The van der Waals surface area contributed by atoms with Crippen LogP contribution in [0.4, 0.5) is 0 Å². The van der Waals surface area contributed by atoms with Crippen LogP contribution in [0, 0.1) is 17.8 Å². The van der Waals surface area contributed by atoms with Gasteiger partial charge in [-0.05, 0) is 38.0 Å². The van der Waals surface area contributed by atoms with Crippen LogP contribution in [0.15, 0.2) is 0 Å². The minimum Gasteiger partial charge on any atom is -0.481 e. The molecule has 4 heteroatoms. The van der Waals surface area contributed by atoms with Gasteiger partial charge in [0.1, 0.15) is 0 Å². The fraction of sp³-hybridized carbons (Fsp3) is 0.882. The van der Waals surface area contributed by atoms with Gasteiger partial charge in [-0.15, -0.1) is 0 Å². The van der Waals surface area contributed by atoms with Crippen LogP contribution in [0.5, 0.6) is 0 Å². The summed E-state index contributed by atoms with van der Waals surface area (Å²) in [5, 5.41) is 9.33. The molecule has 1 N–H and O–H groups in total. The third-order valence-electron chi connectivity index (χ3n) is 5.15. The fourth-order valence-electron chi connectivity index (χ4n) is 3.85. The standard InChI is InChI=1S/C17H29NO3/c1-12(2)10-11-18(13-6-3-4-7-13)16(19)14-8-5-9-15(14)17(20)21/h12-15H,3-11H2,1-2H3,(H,20,21)/t14-,15+/m1/s1. The number of rotatable bonds is 6. The summed E-state index contributed by atoms with van der Waals surface area (Å²) in [6, 6.07) is 0.353. The van der Waals surface area contributed by atoms with Gasteiger partial charge in [0.15, 0.2) is 0 Å². The Morgan fingerprint density at radius 1 is 1.05 bits per heavy atom. The molecule has 1 amide bonds. The molecule has 0 unspecified atom stereocenters. The second-order valence-corrected chi connectivity index (χ2v) is 7.13. The molecule has 21 heavy (non-hydrogen) atoms. The lowest BCUT2D eigenvalue weighted by atomic mass is 9.93. The van der Waals surface area contributed by atoms with Crippen molar-refractivity contribution >= 4 is 11.9 Å². The van der Waals surface area contributed by atoms with E-state index in [4.69, 9.17) is 0 Å². The third kappa shape index (κ3) is 3.98. The molecule has 0 aromatic heterocycles. The first-order valence-electron chi connectivity index (χ1n) is 8.54. The predicted molar refractivity (Wildman–Crippen MR) is 81.9 cm³/mol. The lowest BCUT2D eigenvalue weighted by molar-refractivity contribution is -0.150. The van der Waals surface area contributed by atoms with E-state index in [9.17, 15) is 14.7 Å². The Kier molecular flexibility index (Phi) is 5.65. The van der Waals surface area contributed by atoms with Crippen LogP contribution in [-0.2, 0) is 9.59 Å². The second kappa shape index (κ2) is 7.28. The Bertz CT molecular complexity index is 374. The third-order valence-corrected chi connectivity index (χ3v) is 5.15. The van der Waals surface area contributed by atoms with Crippen molar-refractivity contribution in [3.8, 4) is 0 Å². The zero-order valence-electron chi connectivity index (χ0n) is 13.4. The maximum Gasteiger partial charge on any atom is 0.307 e. The van der Waals surface area contributed by atoms with Gasteiger partial charge in [0, 0.05) is 12.6 Å². The number of carbonyl (C=O) groups excluding carboxylic acids is 1. The number of nitrogens with zero attached hydrogens (tertiary/aromatic N) is 1. The summed E-state index contributed by atoms with van der Waals surface area (Å²) in [5.41, 5.74) is 0. The summed E-state index contributed by atoms with van der Waals surface area (Å²) in [5.74, 6) is -0.843. The van der Waals surface area contributed by atoms with Crippen molar-refractivity contribution in [1.82, 2.24) is 4.90 Å². The van der Waals surface area contributed by atoms with Crippen LogP contribution in [-0.4, -0.2) is 34.5 Å². The molecule has 0 spiro atoms. The molecule has 2 fully saturated rings. The molecular formula is C17H29NO3. The number of carbonyl (C=O) groups is 2. The quantitative estimate of drug-likeness (QED) is 0.818. The molecule has 0 bridgehead atoms. The van der Waals surface area contributed by atoms with Crippen LogP contribution in [0.25, 0.3) is 0 Å². The molecule has 2 rings (SSSR count). The molecule has 0 aromatic rings. The zero-order valence-corrected chi connectivity index (χ0v) is 13.4. The van der Waals surface area contributed by atoms with Crippen LogP contribution < -0.4 is 0 Å². The van der Waals surface area contributed by atoms with Crippen molar-refractivity contribution in [3.63, 3.8) is 0 Å². The number of aliphatic carboxylic acids is 1. The van der Waals surface area contributed by atoms with Crippen molar-refractivity contribution in [2.24, 2.45) is 17.8 Å². The highest BCUT2D eigenvalue weighted by Crippen LogP contribution is 2.35. The first-order valence-corrected chi connectivity index (χ1v) is 8.54. The van der Waals surface area contributed by atoms with E-state index in [2.05, 4.69) is 13.8 Å². The number of hydrogen-bond donors (Lipinski definition) is 1. The summed E-state index contributed by atoms with van der Waals surface area (Å²) in [7, 11) is 0. The summed E-state index contributed by atoms with van der Waals surface area (Å²) in [6.45, 7) is 5.14. The normalized spacial score (nSPS) is 26.4. The van der Waals surface area contributed by atoms with E-state index in [1.54, 1.807) is 0 Å². The molecule has 0 saturated heterocycles. The molecule has 0 radical (unpaired) electrons. The van der Waals surface area contributed by atoms with Crippen molar-refractivity contribution in [2.45, 2.75) is 71.3 Å². The second-order valence-electron chi connectivity index (χ2n) is 7.13. The van der Waals surface area contributed by atoms with Crippen molar-refractivity contribution in [3.05, 3.63) is 0 Å². The van der Waals surface area contributed by atoms with Gasteiger partial charge in [0.25, 0.3) is 0 Å². The first kappa shape index (κ1) is 16.3. The Morgan fingerprint density at radius 2 is 1.67 bits per heavy atom. The van der Waals surface area contributed by atoms with Gasteiger partial charge in [-0.3, -0.25) is 9.59 Å². The number of carboxylic acids is 1. The maximum absolute atomic E-state index is 12.9. The van der Waals surface area contributed by atoms with Crippen LogP contribution in [0.2, 0.25) is 0 Å². The summed E-state index contributed by atoms with van der Waals surface area (Å²) in [4.78, 5) is 26.3. The highest BCUT2D eigenvalue weighted by molar-refractivity contribution is 5.85. The lowest BCUT2D eigenvalue weighted by Crippen LogP contribution is -2.45. The highest BCUT2D eigenvalue weighted by atomic mass is 16.4. The monoisotopic (exact) mass is 295 g/mol. The van der Waals surface area contributed by atoms with Gasteiger partial charge in [-0.1, -0.05) is 33.1 Å². The van der Waals surface area contributed by atoms with Gasteiger partial charge in [0.05, 0.1) is 11.8 Å². The summed E-state index contributed by atoms with van der Waals surface area (Å²) in [6.07, 6.45) is 7.87. The molecule has 0 aliphatic heterocycles. The molecule has 2 saturated carbocycles. The van der Waals surface area contributed by atoms with Crippen molar-refractivity contribution in [2.75, 3.05) is 6.54 Å². The van der Waals surface area contributed by atoms with E-state index in [0.29, 0.717) is 18.4 Å². The average Bonchev–Trinajstić information content (AvgIpc) is 3.09. The smallest absolute Gasteiger partial charge is 0.307 e. The lowest BCUT2D eigenvalue weighted by Gasteiger charge is -2.33. The Morgan fingerprint density at radius 3 is 2.24 bits per heavy atom. The van der Waals surface area contributed by atoms with E-state index < -0.39 is 11.9 Å². The number of hydrogen-bond acceptors (Lipinski definition) is 2. The molecule has 120 valence electrons. The fourth-order valence-corrected chi connectivity index (χ4v) is 3.85. The predicted octanol–water partition coefficient (Wildman–Crippen LogP) is 3.30. The minimum atomic E-state index is -0.791.